The standard InChI is InChI=1S/C8H12ClN3O/c1-3-5(8(11)13)7(10)12-4(2)6(3)9/h4,6H,1-2H3,(H2,10,12)(H2,11,13). The van der Waals surface area contributed by atoms with Crippen LogP contribution in [-0.4, -0.2) is 23.2 Å². The van der Waals surface area contributed by atoms with E-state index in [9.17, 15) is 4.79 Å². The lowest BCUT2D eigenvalue weighted by atomic mass is 9.98. The van der Waals surface area contributed by atoms with Crippen molar-refractivity contribution in [2.75, 3.05) is 0 Å². The molecule has 0 fully saturated rings. The zero-order valence-corrected chi connectivity index (χ0v) is 8.30. The smallest absolute Gasteiger partial charge is 0.252 e. The lowest BCUT2D eigenvalue weighted by Gasteiger charge is -2.23. The van der Waals surface area contributed by atoms with Gasteiger partial charge in [0.1, 0.15) is 5.84 Å². The molecule has 0 aliphatic carbocycles. The lowest BCUT2D eigenvalue weighted by molar-refractivity contribution is -0.114. The summed E-state index contributed by atoms with van der Waals surface area (Å²) >= 11 is 5.99. The fraction of sp³-hybridized carbons (Fsp3) is 0.500. The Hall–Kier alpha value is -1.03. The zero-order valence-electron chi connectivity index (χ0n) is 7.54. The van der Waals surface area contributed by atoms with E-state index < -0.39 is 5.91 Å². The predicted octanol–water partition coefficient (Wildman–Crippen LogP) is 0.155. The minimum absolute atomic E-state index is 0.107. The number of primary amides is 1. The highest BCUT2D eigenvalue weighted by molar-refractivity contribution is 6.27. The highest BCUT2D eigenvalue weighted by Gasteiger charge is 2.27. The number of carbonyl (C=O) groups is 1. The van der Waals surface area contributed by atoms with E-state index in [4.69, 9.17) is 23.1 Å². The molecule has 0 saturated heterocycles. The van der Waals surface area contributed by atoms with E-state index >= 15 is 0 Å². The molecule has 1 aliphatic rings. The molecule has 1 rings (SSSR count). The molecule has 13 heavy (non-hydrogen) atoms. The molecule has 4 nitrogen and oxygen atoms in total. The Morgan fingerprint density at radius 3 is 2.62 bits per heavy atom. The summed E-state index contributed by atoms with van der Waals surface area (Å²) in [5, 5.41) is -0.296. The van der Waals surface area contributed by atoms with Gasteiger partial charge in [0.25, 0.3) is 5.91 Å². The quantitative estimate of drug-likeness (QED) is 0.593. The normalized spacial score (nSPS) is 28.7. The second kappa shape index (κ2) is 3.38. The van der Waals surface area contributed by atoms with Crippen LogP contribution in [0, 0.1) is 0 Å². The number of hydrogen-bond donors (Lipinski definition) is 2. The number of rotatable bonds is 1. The molecule has 1 heterocycles. The molecular formula is C8H12ClN3O. The Labute approximate surface area is 81.6 Å². The van der Waals surface area contributed by atoms with Gasteiger partial charge in [-0.05, 0) is 19.4 Å². The molecule has 2 atom stereocenters. The van der Waals surface area contributed by atoms with Gasteiger partial charge in [-0.3, -0.25) is 9.79 Å². The van der Waals surface area contributed by atoms with Crippen molar-refractivity contribution in [3.05, 3.63) is 11.1 Å². The summed E-state index contributed by atoms with van der Waals surface area (Å²) in [5.74, 6) is -0.384. The van der Waals surface area contributed by atoms with E-state index in [1.807, 2.05) is 6.92 Å². The van der Waals surface area contributed by atoms with Gasteiger partial charge in [0.05, 0.1) is 17.0 Å². The van der Waals surface area contributed by atoms with Crippen LogP contribution in [-0.2, 0) is 4.79 Å². The number of hydrogen-bond acceptors (Lipinski definition) is 3. The minimum atomic E-state index is -0.573. The average molecular weight is 202 g/mol. The predicted molar refractivity (Wildman–Crippen MR) is 52.6 cm³/mol. The molecule has 0 spiro atoms. The molecule has 72 valence electrons. The summed E-state index contributed by atoms with van der Waals surface area (Å²) < 4.78 is 0. The third kappa shape index (κ3) is 1.67. The molecule has 0 radical (unpaired) electrons. The first-order valence-electron chi connectivity index (χ1n) is 3.93. The maximum atomic E-state index is 11.0. The highest BCUT2D eigenvalue weighted by atomic mass is 35.5. The number of nitrogens with zero attached hydrogens (tertiary/aromatic N) is 1. The van der Waals surface area contributed by atoms with Crippen molar-refractivity contribution in [3.8, 4) is 0 Å². The van der Waals surface area contributed by atoms with Crippen LogP contribution in [0.1, 0.15) is 13.8 Å². The topological polar surface area (TPSA) is 81.5 Å². The monoisotopic (exact) mass is 201 g/mol. The number of aliphatic imine (C=N–C) groups is 1. The second-order valence-electron chi connectivity index (χ2n) is 3.08. The fourth-order valence-corrected chi connectivity index (χ4v) is 1.54. The third-order valence-electron chi connectivity index (χ3n) is 2.08. The molecule has 4 N–H and O–H groups in total. The van der Waals surface area contributed by atoms with E-state index in [0.717, 1.165) is 0 Å². The molecule has 0 bridgehead atoms. The van der Waals surface area contributed by atoms with Crippen LogP contribution >= 0.6 is 11.6 Å². The summed E-state index contributed by atoms with van der Waals surface area (Å²) in [6.07, 6.45) is 0. The zero-order chi connectivity index (χ0) is 10.2. The largest absolute Gasteiger partial charge is 0.383 e. The molecule has 1 amide bonds. The first-order chi connectivity index (χ1) is 5.95. The maximum absolute atomic E-state index is 11.0. The number of amides is 1. The number of carbonyl (C=O) groups excluding carboxylic acids is 1. The molecule has 0 aromatic heterocycles. The van der Waals surface area contributed by atoms with Crippen molar-refractivity contribution in [3.63, 3.8) is 0 Å². The van der Waals surface area contributed by atoms with Crippen molar-refractivity contribution in [2.24, 2.45) is 16.5 Å². The summed E-state index contributed by atoms with van der Waals surface area (Å²) in [7, 11) is 0. The summed E-state index contributed by atoms with van der Waals surface area (Å²) in [6.45, 7) is 3.58. The van der Waals surface area contributed by atoms with Crippen LogP contribution in [0.4, 0.5) is 0 Å². The van der Waals surface area contributed by atoms with Gasteiger partial charge in [-0.2, -0.15) is 0 Å². The SMILES string of the molecule is CC1=C(C(N)=O)C(N)=NC(C)C1Cl. The van der Waals surface area contributed by atoms with Gasteiger partial charge in [0, 0.05) is 0 Å². The average Bonchev–Trinajstić information content (AvgIpc) is 1.99. The number of nitrogens with two attached hydrogens (primary N) is 2. The number of halogens is 1. The molecule has 5 heteroatoms. The van der Waals surface area contributed by atoms with Gasteiger partial charge in [0.2, 0.25) is 0 Å². The number of amidine groups is 1. The number of dihydropyridines is 1. The number of alkyl halides is 1. The summed E-state index contributed by atoms with van der Waals surface area (Å²) in [5.41, 5.74) is 11.7. The second-order valence-corrected chi connectivity index (χ2v) is 3.55. The van der Waals surface area contributed by atoms with Gasteiger partial charge >= 0.3 is 0 Å². The molecule has 0 aromatic carbocycles. The van der Waals surface area contributed by atoms with Crippen LogP contribution in [0.15, 0.2) is 16.1 Å². The van der Waals surface area contributed by atoms with Crippen LogP contribution in [0.5, 0.6) is 0 Å². The van der Waals surface area contributed by atoms with E-state index in [1.165, 1.54) is 0 Å². The Balaban J connectivity index is 3.17. The summed E-state index contributed by atoms with van der Waals surface area (Å²) in [6, 6.07) is -0.107. The van der Waals surface area contributed by atoms with Gasteiger partial charge in [0.15, 0.2) is 0 Å². The van der Waals surface area contributed by atoms with Crippen LogP contribution in [0.25, 0.3) is 0 Å². The van der Waals surface area contributed by atoms with Crippen molar-refractivity contribution in [1.82, 2.24) is 0 Å². The molecular weight excluding hydrogens is 190 g/mol. The molecule has 0 saturated carbocycles. The highest BCUT2D eigenvalue weighted by Crippen LogP contribution is 2.24. The van der Waals surface area contributed by atoms with Gasteiger partial charge < -0.3 is 11.5 Å². The van der Waals surface area contributed by atoms with Crippen molar-refractivity contribution < 1.29 is 4.79 Å². The Bertz CT molecular complexity index is 309. The Kier molecular flexibility index (Phi) is 2.61. The molecule has 0 aromatic rings. The first kappa shape index (κ1) is 10.1. The van der Waals surface area contributed by atoms with Crippen molar-refractivity contribution in [1.29, 1.82) is 0 Å². The third-order valence-corrected chi connectivity index (χ3v) is 2.77. The maximum Gasteiger partial charge on any atom is 0.252 e. The Morgan fingerprint density at radius 2 is 2.15 bits per heavy atom. The minimum Gasteiger partial charge on any atom is -0.383 e. The molecule has 2 unspecified atom stereocenters. The van der Waals surface area contributed by atoms with Crippen LogP contribution < -0.4 is 11.5 Å². The van der Waals surface area contributed by atoms with Crippen molar-refractivity contribution in [2.45, 2.75) is 25.3 Å². The van der Waals surface area contributed by atoms with E-state index in [2.05, 4.69) is 4.99 Å². The molecule has 1 aliphatic heterocycles. The lowest BCUT2D eigenvalue weighted by Crippen LogP contribution is -2.36. The van der Waals surface area contributed by atoms with Crippen LogP contribution in [0.2, 0.25) is 0 Å². The van der Waals surface area contributed by atoms with E-state index in [1.54, 1.807) is 6.92 Å². The Morgan fingerprint density at radius 1 is 1.62 bits per heavy atom. The first-order valence-corrected chi connectivity index (χ1v) is 4.37. The van der Waals surface area contributed by atoms with Crippen LogP contribution in [0.3, 0.4) is 0 Å². The van der Waals surface area contributed by atoms with Crippen molar-refractivity contribution >= 4 is 23.3 Å². The van der Waals surface area contributed by atoms with Gasteiger partial charge in [-0.1, -0.05) is 0 Å². The summed E-state index contributed by atoms with van der Waals surface area (Å²) in [4.78, 5) is 15.0. The van der Waals surface area contributed by atoms with Gasteiger partial charge in [-0.25, -0.2) is 0 Å². The van der Waals surface area contributed by atoms with E-state index in [-0.39, 0.29) is 22.8 Å². The van der Waals surface area contributed by atoms with E-state index in [0.29, 0.717) is 5.57 Å². The van der Waals surface area contributed by atoms with Gasteiger partial charge in [-0.15, -0.1) is 11.6 Å². The fourth-order valence-electron chi connectivity index (χ4n) is 1.37.